The number of hydrogen-bond acceptors (Lipinski definition) is 4. The maximum Gasteiger partial charge on any atom is 0.161 e. The molecule has 0 atom stereocenters. The van der Waals surface area contributed by atoms with Gasteiger partial charge in [0.15, 0.2) is 11.5 Å². The van der Waals surface area contributed by atoms with E-state index in [9.17, 15) is 0 Å². The highest BCUT2D eigenvalue weighted by atomic mass is 79.9. The van der Waals surface area contributed by atoms with E-state index >= 15 is 0 Å². The minimum absolute atomic E-state index is 0. The van der Waals surface area contributed by atoms with Gasteiger partial charge in [0.2, 0.25) is 0 Å². The molecule has 1 N–H and O–H groups in total. The Morgan fingerprint density at radius 3 is 2.50 bits per heavy atom. The standard InChI is InChI=1S/C12H15BrN2O2.ClH/c1-16-10-5-8(6-12-14-3-4-15-12)9(13)7-11(10)17-2;/h5,7H,3-4,6H2,1-2H3,(H,14,15);1H. The first-order valence-electron chi connectivity index (χ1n) is 5.42. The van der Waals surface area contributed by atoms with Crippen molar-refractivity contribution in [1.82, 2.24) is 5.32 Å². The fourth-order valence-electron chi connectivity index (χ4n) is 1.78. The average molecular weight is 336 g/mol. The molecule has 100 valence electrons. The molecule has 0 aliphatic carbocycles. The van der Waals surface area contributed by atoms with Crippen molar-refractivity contribution in [2.45, 2.75) is 6.42 Å². The topological polar surface area (TPSA) is 42.8 Å². The van der Waals surface area contributed by atoms with Gasteiger partial charge in [-0.05, 0) is 17.7 Å². The van der Waals surface area contributed by atoms with Crippen molar-refractivity contribution in [3.63, 3.8) is 0 Å². The predicted octanol–water partition coefficient (Wildman–Crippen LogP) is 2.43. The van der Waals surface area contributed by atoms with Crippen LogP contribution in [0.3, 0.4) is 0 Å². The molecule has 6 heteroatoms. The van der Waals surface area contributed by atoms with Crippen LogP contribution < -0.4 is 14.8 Å². The summed E-state index contributed by atoms with van der Waals surface area (Å²) >= 11 is 3.54. The Morgan fingerprint density at radius 1 is 1.28 bits per heavy atom. The lowest BCUT2D eigenvalue weighted by Gasteiger charge is -2.12. The molecule has 0 saturated carbocycles. The van der Waals surface area contributed by atoms with Crippen molar-refractivity contribution in [2.75, 3.05) is 27.3 Å². The zero-order valence-corrected chi connectivity index (χ0v) is 12.7. The number of amidine groups is 1. The quantitative estimate of drug-likeness (QED) is 0.919. The van der Waals surface area contributed by atoms with Crippen LogP contribution >= 0.6 is 28.3 Å². The summed E-state index contributed by atoms with van der Waals surface area (Å²) in [4.78, 5) is 4.38. The second-order valence-corrected chi connectivity index (χ2v) is 4.58. The molecule has 1 aromatic carbocycles. The lowest BCUT2D eigenvalue weighted by Crippen LogP contribution is -2.20. The van der Waals surface area contributed by atoms with Gasteiger partial charge in [-0.2, -0.15) is 0 Å². The van der Waals surface area contributed by atoms with Crippen LogP contribution in [0.4, 0.5) is 0 Å². The normalized spacial score (nSPS) is 13.4. The van der Waals surface area contributed by atoms with Crippen LogP contribution in [-0.2, 0) is 6.42 Å². The van der Waals surface area contributed by atoms with Crippen LogP contribution in [0.2, 0.25) is 0 Å². The molecule has 1 aliphatic heterocycles. The summed E-state index contributed by atoms with van der Waals surface area (Å²) in [7, 11) is 3.27. The number of nitrogens with zero attached hydrogens (tertiary/aromatic N) is 1. The Balaban J connectivity index is 0.00000162. The van der Waals surface area contributed by atoms with E-state index in [-0.39, 0.29) is 12.4 Å². The van der Waals surface area contributed by atoms with Crippen LogP contribution in [-0.4, -0.2) is 33.1 Å². The number of aliphatic imine (C=N–C) groups is 1. The first-order valence-corrected chi connectivity index (χ1v) is 6.21. The summed E-state index contributed by atoms with van der Waals surface area (Å²) in [5, 5.41) is 3.26. The molecule has 0 amide bonds. The molecule has 0 bridgehead atoms. The molecular formula is C12H16BrClN2O2. The summed E-state index contributed by atoms with van der Waals surface area (Å²) in [6.07, 6.45) is 0.779. The number of rotatable bonds is 4. The molecule has 4 nitrogen and oxygen atoms in total. The molecule has 0 spiro atoms. The molecule has 0 radical (unpaired) electrons. The van der Waals surface area contributed by atoms with Gasteiger partial charge in [0, 0.05) is 17.4 Å². The monoisotopic (exact) mass is 334 g/mol. The van der Waals surface area contributed by atoms with Gasteiger partial charge >= 0.3 is 0 Å². The van der Waals surface area contributed by atoms with Crippen LogP contribution in [0, 0.1) is 0 Å². The van der Waals surface area contributed by atoms with Crippen molar-refractivity contribution in [1.29, 1.82) is 0 Å². The van der Waals surface area contributed by atoms with Gasteiger partial charge in [-0.25, -0.2) is 0 Å². The second-order valence-electron chi connectivity index (χ2n) is 3.73. The van der Waals surface area contributed by atoms with E-state index in [2.05, 4.69) is 26.2 Å². The van der Waals surface area contributed by atoms with E-state index in [1.165, 1.54) is 0 Å². The smallest absolute Gasteiger partial charge is 0.161 e. The van der Waals surface area contributed by atoms with E-state index in [4.69, 9.17) is 9.47 Å². The molecule has 0 fully saturated rings. The number of methoxy groups -OCH3 is 2. The van der Waals surface area contributed by atoms with Gasteiger partial charge < -0.3 is 14.8 Å². The number of nitrogens with one attached hydrogen (secondary N) is 1. The van der Waals surface area contributed by atoms with Gasteiger partial charge in [0.05, 0.1) is 20.8 Å². The number of ether oxygens (including phenoxy) is 2. The molecular weight excluding hydrogens is 320 g/mol. The molecule has 18 heavy (non-hydrogen) atoms. The van der Waals surface area contributed by atoms with Crippen molar-refractivity contribution in [3.8, 4) is 11.5 Å². The van der Waals surface area contributed by atoms with Crippen molar-refractivity contribution in [3.05, 3.63) is 22.2 Å². The Bertz CT molecular complexity index is 452. The minimum atomic E-state index is 0. The summed E-state index contributed by atoms with van der Waals surface area (Å²) in [5.41, 5.74) is 1.14. The SMILES string of the molecule is COc1cc(Br)c(CC2=NCCN2)cc1OC.Cl. The summed E-state index contributed by atoms with van der Waals surface area (Å²) in [6, 6.07) is 3.90. The highest BCUT2D eigenvalue weighted by Crippen LogP contribution is 2.33. The highest BCUT2D eigenvalue weighted by Gasteiger charge is 2.13. The van der Waals surface area contributed by atoms with Gasteiger partial charge in [-0.3, -0.25) is 4.99 Å². The zero-order valence-electron chi connectivity index (χ0n) is 10.3. The third kappa shape index (κ3) is 3.29. The molecule has 0 unspecified atom stereocenters. The van der Waals surface area contributed by atoms with Crippen LogP contribution in [0.15, 0.2) is 21.6 Å². The second kappa shape index (κ2) is 6.85. The number of benzene rings is 1. The lowest BCUT2D eigenvalue weighted by atomic mass is 10.1. The zero-order chi connectivity index (χ0) is 12.3. The molecule has 2 rings (SSSR count). The number of hydrogen-bond donors (Lipinski definition) is 1. The highest BCUT2D eigenvalue weighted by molar-refractivity contribution is 9.10. The van der Waals surface area contributed by atoms with Crippen LogP contribution in [0.5, 0.6) is 11.5 Å². The van der Waals surface area contributed by atoms with Crippen molar-refractivity contribution < 1.29 is 9.47 Å². The van der Waals surface area contributed by atoms with Crippen molar-refractivity contribution in [2.24, 2.45) is 4.99 Å². The van der Waals surface area contributed by atoms with Gasteiger partial charge in [-0.1, -0.05) is 15.9 Å². The summed E-state index contributed by atoms with van der Waals surface area (Å²) in [5.74, 6) is 2.49. The summed E-state index contributed by atoms with van der Waals surface area (Å²) in [6.45, 7) is 1.79. The van der Waals surface area contributed by atoms with Gasteiger partial charge in [0.1, 0.15) is 5.84 Å². The van der Waals surface area contributed by atoms with E-state index in [1.54, 1.807) is 14.2 Å². The Kier molecular flexibility index (Phi) is 5.75. The molecule has 0 saturated heterocycles. The first kappa shape index (κ1) is 15.1. The lowest BCUT2D eigenvalue weighted by molar-refractivity contribution is 0.354. The minimum Gasteiger partial charge on any atom is -0.493 e. The number of halogens is 2. The van der Waals surface area contributed by atoms with Gasteiger partial charge in [0.25, 0.3) is 0 Å². The first-order chi connectivity index (χ1) is 8.24. The van der Waals surface area contributed by atoms with E-state index in [0.29, 0.717) is 0 Å². The Morgan fingerprint density at radius 2 is 1.94 bits per heavy atom. The maximum atomic E-state index is 5.29. The van der Waals surface area contributed by atoms with E-state index in [0.717, 1.165) is 46.9 Å². The Labute approximate surface area is 121 Å². The van der Waals surface area contributed by atoms with E-state index < -0.39 is 0 Å². The fraction of sp³-hybridized carbons (Fsp3) is 0.417. The third-order valence-corrected chi connectivity index (χ3v) is 3.39. The molecule has 1 aliphatic rings. The third-order valence-electron chi connectivity index (χ3n) is 2.65. The molecule has 1 aromatic rings. The summed E-state index contributed by atoms with van der Waals surface area (Å²) < 4.78 is 11.5. The maximum absolute atomic E-state index is 5.29. The fourth-order valence-corrected chi connectivity index (χ4v) is 2.24. The van der Waals surface area contributed by atoms with E-state index in [1.807, 2.05) is 12.1 Å². The Hall–Kier alpha value is -0.940. The molecule has 0 aromatic heterocycles. The predicted molar refractivity (Wildman–Crippen MR) is 78.5 cm³/mol. The molecule has 1 heterocycles. The average Bonchev–Trinajstić information content (AvgIpc) is 2.84. The largest absolute Gasteiger partial charge is 0.493 e. The van der Waals surface area contributed by atoms with Crippen molar-refractivity contribution >= 4 is 34.2 Å². The van der Waals surface area contributed by atoms with Crippen LogP contribution in [0.1, 0.15) is 5.56 Å². The van der Waals surface area contributed by atoms with Crippen LogP contribution in [0.25, 0.3) is 0 Å². The van der Waals surface area contributed by atoms with Gasteiger partial charge in [-0.15, -0.1) is 12.4 Å².